The smallest absolute Gasteiger partial charge is 0.133 e. The minimum atomic E-state index is 0.144. The molecule has 1 aromatic rings. The van der Waals surface area contributed by atoms with E-state index in [0.717, 1.165) is 28.8 Å². The number of nitrogens with two attached hydrogens (primary N) is 1. The number of halogens is 1. The minimum absolute atomic E-state index is 0.144. The molecule has 0 saturated carbocycles. The Labute approximate surface area is 117 Å². The molecule has 3 nitrogen and oxygen atoms in total. The molecule has 0 amide bonds. The third-order valence-electron chi connectivity index (χ3n) is 2.63. The Balaban J connectivity index is 2.68. The van der Waals surface area contributed by atoms with Crippen molar-refractivity contribution in [2.24, 2.45) is 5.73 Å². The van der Waals surface area contributed by atoms with Crippen molar-refractivity contribution >= 4 is 15.9 Å². The topological polar surface area (TPSA) is 47.3 Å². The summed E-state index contributed by atoms with van der Waals surface area (Å²) in [5.74, 6) is 6.73. The molecule has 1 atom stereocenters. The van der Waals surface area contributed by atoms with Crippen LogP contribution in [0.5, 0.6) is 5.75 Å². The first-order valence-corrected chi connectivity index (χ1v) is 6.68. The number of rotatable bonds is 6. The Morgan fingerprint density at radius 1 is 1.50 bits per heavy atom. The fraction of sp³-hybridized carbons (Fsp3) is 0.429. The van der Waals surface area contributed by atoms with Crippen molar-refractivity contribution in [1.82, 2.24) is 5.32 Å². The van der Waals surface area contributed by atoms with Crippen LogP contribution < -0.4 is 15.8 Å². The van der Waals surface area contributed by atoms with Crippen molar-refractivity contribution in [3.05, 3.63) is 28.2 Å². The quantitative estimate of drug-likeness (QED) is 0.627. The van der Waals surface area contributed by atoms with Gasteiger partial charge in [0.2, 0.25) is 0 Å². The fourth-order valence-corrected chi connectivity index (χ4v) is 2.23. The Hall–Kier alpha value is -1.02. The van der Waals surface area contributed by atoms with Gasteiger partial charge in [-0.2, -0.15) is 0 Å². The molecule has 0 aromatic heterocycles. The van der Waals surface area contributed by atoms with Crippen molar-refractivity contribution in [3.8, 4) is 17.6 Å². The molecular formula is C14H19BrN2O. The van der Waals surface area contributed by atoms with Gasteiger partial charge in [0.05, 0.1) is 11.6 Å². The molecule has 0 aliphatic rings. The maximum atomic E-state index is 5.80. The van der Waals surface area contributed by atoms with E-state index in [4.69, 9.17) is 10.5 Å². The molecule has 3 N–H and O–H groups in total. The summed E-state index contributed by atoms with van der Waals surface area (Å²) in [5, 5.41) is 3.40. The van der Waals surface area contributed by atoms with Crippen LogP contribution in [0.4, 0.5) is 0 Å². The molecule has 0 radical (unpaired) electrons. The van der Waals surface area contributed by atoms with E-state index in [1.807, 2.05) is 25.1 Å². The standard InChI is InChI=1S/C14H19BrN2O/c1-3-4-5-8-17-13(10-16)11-6-7-14(18-2)12(15)9-11/h6-7,9,13,17H,5,8,10,16H2,1-2H3. The highest BCUT2D eigenvalue weighted by molar-refractivity contribution is 9.10. The SMILES string of the molecule is CC#CCCNC(CN)c1ccc(OC)c(Br)c1. The van der Waals surface area contributed by atoms with Crippen molar-refractivity contribution in [2.45, 2.75) is 19.4 Å². The van der Waals surface area contributed by atoms with Crippen molar-refractivity contribution in [1.29, 1.82) is 0 Å². The third-order valence-corrected chi connectivity index (χ3v) is 3.25. The molecule has 0 spiro atoms. The summed E-state index contributed by atoms with van der Waals surface area (Å²) in [6, 6.07) is 6.15. The van der Waals surface area contributed by atoms with Crippen LogP contribution in [0.25, 0.3) is 0 Å². The minimum Gasteiger partial charge on any atom is -0.496 e. The Morgan fingerprint density at radius 3 is 2.83 bits per heavy atom. The molecule has 1 aromatic carbocycles. The van der Waals surface area contributed by atoms with E-state index < -0.39 is 0 Å². The lowest BCUT2D eigenvalue weighted by atomic mass is 10.1. The van der Waals surface area contributed by atoms with Crippen molar-refractivity contribution in [2.75, 3.05) is 20.2 Å². The van der Waals surface area contributed by atoms with Crippen LogP contribution >= 0.6 is 15.9 Å². The molecule has 1 rings (SSSR count). The number of benzene rings is 1. The van der Waals surface area contributed by atoms with E-state index in [0.29, 0.717) is 6.54 Å². The summed E-state index contributed by atoms with van der Waals surface area (Å²) >= 11 is 3.48. The summed E-state index contributed by atoms with van der Waals surface area (Å²) in [6.07, 6.45) is 0.838. The van der Waals surface area contributed by atoms with E-state index in [2.05, 4.69) is 33.1 Å². The van der Waals surface area contributed by atoms with E-state index in [-0.39, 0.29) is 6.04 Å². The third kappa shape index (κ3) is 4.34. The summed E-state index contributed by atoms with van der Waals surface area (Å²) in [6.45, 7) is 3.24. The highest BCUT2D eigenvalue weighted by Gasteiger charge is 2.10. The second-order valence-corrected chi connectivity index (χ2v) is 4.67. The summed E-state index contributed by atoms with van der Waals surface area (Å²) in [5.41, 5.74) is 6.94. The zero-order valence-electron chi connectivity index (χ0n) is 10.8. The number of hydrogen-bond donors (Lipinski definition) is 2. The van der Waals surface area contributed by atoms with Crippen LogP contribution in [0, 0.1) is 11.8 Å². The molecular weight excluding hydrogens is 292 g/mol. The van der Waals surface area contributed by atoms with Crippen LogP contribution in [-0.2, 0) is 0 Å². The number of methoxy groups -OCH3 is 1. The van der Waals surface area contributed by atoms with E-state index >= 15 is 0 Å². The summed E-state index contributed by atoms with van der Waals surface area (Å²) in [7, 11) is 1.65. The summed E-state index contributed by atoms with van der Waals surface area (Å²) in [4.78, 5) is 0. The van der Waals surface area contributed by atoms with Gasteiger partial charge < -0.3 is 15.8 Å². The van der Waals surface area contributed by atoms with E-state index in [1.54, 1.807) is 7.11 Å². The first-order chi connectivity index (χ1) is 8.72. The molecule has 0 aliphatic carbocycles. The molecule has 0 saturated heterocycles. The van der Waals surface area contributed by atoms with Gasteiger partial charge in [0.15, 0.2) is 0 Å². The lowest BCUT2D eigenvalue weighted by molar-refractivity contribution is 0.411. The molecule has 98 valence electrons. The van der Waals surface area contributed by atoms with Gasteiger partial charge in [-0.3, -0.25) is 0 Å². The molecule has 0 bridgehead atoms. The second-order valence-electron chi connectivity index (χ2n) is 3.81. The maximum absolute atomic E-state index is 5.80. The first kappa shape index (κ1) is 15.0. The zero-order valence-corrected chi connectivity index (χ0v) is 12.4. The largest absolute Gasteiger partial charge is 0.496 e. The molecule has 18 heavy (non-hydrogen) atoms. The number of ether oxygens (including phenoxy) is 1. The van der Waals surface area contributed by atoms with Gasteiger partial charge in [-0.25, -0.2) is 0 Å². The van der Waals surface area contributed by atoms with Gasteiger partial charge in [-0.1, -0.05) is 6.07 Å². The predicted molar refractivity (Wildman–Crippen MR) is 78.6 cm³/mol. The summed E-state index contributed by atoms with van der Waals surface area (Å²) < 4.78 is 6.15. The van der Waals surface area contributed by atoms with Gasteiger partial charge in [-0.05, 0) is 40.5 Å². The van der Waals surface area contributed by atoms with Crippen LogP contribution in [0.3, 0.4) is 0 Å². The van der Waals surface area contributed by atoms with Gasteiger partial charge in [0.1, 0.15) is 5.75 Å². The van der Waals surface area contributed by atoms with Crippen LogP contribution in [0.15, 0.2) is 22.7 Å². The lowest BCUT2D eigenvalue weighted by Gasteiger charge is -2.17. The predicted octanol–water partition coefficient (Wildman–Crippen LogP) is 2.46. The van der Waals surface area contributed by atoms with Gasteiger partial charge >= 0.3 is 0 Å². The Bertz CT molecular complexity index is 437. The monoisotopic (exact) mass is 310 g/mol. The Morgan fingerprint density at radius 2 is 2.28 bits per heavy atom. The second kappa shape index (κ2) is 8.15. The van der Waals surface area contributed by atoms with E-state index in [1.165, 1.54) is 0 Å². The maximum Gasteiger partial charge on any atom is 0.133 e. The van der Waals surface area contributed by atoms with Gasteiger partial charge in [0.25, 0.3) is 0 Å². The molecule has 0 aliphatic heterocycles. The normalized spacial score (nSPS) is 11.6. The Kier molecular flexibility index (Phi) is 6.81. The molecule has 0 heterocycles. The first-order valence-electron chi connectivity index (χ1n) is 5.89. The van der Waals surface area contributed by atoms with Gasteiger partial charge in [0, 0.05) is 25.6 Å². The number of hydrogen-bond acceptors (Lipinski definition) is 3. The highest BCUT2D eigenvalue weighted by Crippen LogP contribution is 2.27. The fourth-order valence-electron chi connectivity index (χ4n) is 1.67. The molecule has 4 heteroatoms. The lowest BCUT2D eigenvalue weighted by Crippen LogP contribution is -2.28. The zero-order chi connectivity index (χ0) is 13.4. The van der Waals surface area contributed by atoms with Crippen LogP contribution in [-0.4, -0.2) is 20.2 Å². The van der Waals surface area contributed by atoms with Crippen LogP contribution in [0.1, 0.15) is 24.9 Å². The average molecular weight is 311 g/mol. The average Bonchev–Trinajstić information content (AvgIpc) is 2.39. The molecule has 1 unspecified atom stereocenters. The van der Waals surface area contributed by atoms with Gasteiger partial charge in [-0.15, -0.1) is 11.8 Å². The number of nitrogens with one attached hydrogen (secondary N) is 1. The van der Waals surface area contributed by atoms with Crippen LogP contribution in [0.2, 0.25) is 0 Å². The van der Waals surface area contributed by atoms with Crippen molar-refractivity contribution in [3.63, 3.8) is 0 Å². The van der Waals surface area contributed by atoms with Crippen molar-refractivity contribution < 1.29 is 4.74 Å². The molecule has 0 fully saturated rings. The highest BCUT2D eigenvalue weighted by atomic mass is 79.9. The van der Waals surface area contributed by atoms with E-state index in [9.17, 15) is 0 Å².